The summed E-state index contributed by atoms with van der Waals surface area (Å²) >= 11 is 0. The Balaban J connectivity index is 0.00000312. The van der Waals surface area contributed by atoms with Crippen LogP contribution in [0.15, 0.2) is 29.3 Å². The summed E-state index contributed by atoms with van der Waals surface area (Å²) in [4.78, 5) is 6.62. The molecule has 1 N–H and O–H groups in total. The largest absolute Gasteiger partial charge is 0.381 e. The monoisotopic (exact) mass is 465 g/mol. The molecule has 0 aliphatic carbocycles. The molecule has 5 nitrogen and oxygen atoms in total. The summed E-state index contributed by atoms with van der Waals surface area (Å²) in [5.41, 5.74) is 0.942. The van der Waals surface area contributed by atoms with Crippen molar-refractivity contribution in [3.05, 3.63) is 35.6 Å². The highest BCUT2D eigenvalue weighted by Crippen LogP contribution is 2.18. The molecule has 2 rings (SSSR count). The molecule has 1 heterocycles. The molecule has 0 saturated carbocycles. The van der Waals surface area contributed by atoms with Gasteiger partial charge in [-0.3, -0.25) is 4.99 Å². The summed E-state index contributed by atoms with van der Waals surface area (Å²) in [6, 6.07) is 6.41. The zero-order valence-corrected chi connectivity index (χ0v) is 17.5. The number of nitrogens with zero attached hydrogens (tertiary/aromatic N) is 2. The molecule has 1 fully saturated rings. The van der Waals surface area contributed by atoms with Gasteiger partial charge >= 0.3 is 0 Å². The number of hydrogen-bond acceptors (Lipinski definition) is 3. The lowest BCUT2D eigenvalue weighted by Gasteiger charge is -2.24. The second-order valence-corrected chi connectivity index (χ2v) is 5.96. The Morgan fingerprint density at radius 3 is 2.72 bits per heavy atom. The molecule has 1 aromatic rings. The smallest absolute Gasteiger partial charge is 0.193 e. The van der Waals surface area contributed by atoms with Crippen LogP contribution in [0.2, 0.25) is 0 Å². The predicted octanol–water partition coefficient (Wildman–Crippen LogP) is 3.07. The number of methoxy groups -OCH3 is 1. The van der Waals surface area contributed by atoms with Crippen LogP contribution in [0.5, 0.6) is 0 Å². The van der Waals surface area contributed by atoms with Gasteiger partial charge in [0.1, 0.15) is 5.82 Å². The van der Waals surface area contributed by atoms with Gasteiger partial charge in [-0.15, -0.1) is 24.0 Å². The Morgan fingerprint density at radius 2 is 2.12 bits per heavy atom. The molecule has 7 heteroatoms. The highest BCUT2D eigenvalue weighted by molar-refractivity contribution is 14.0. The number of aliphatic imine (C=N–C) groups is 1. The predicted molar refractivity (Wildman–Crippen MR) is 109 cm³/mol. The average molecular weight is 465 g/mol. The fourth-order valence-electron chi connectivity index (χ4n) is 2.98. The molecule has 142 valence electrons. The summed E-state index contributed by atoms with van der Waals surface area (Å²) in [6.07, 6.45) is 0.969. The van der Waals surface area contributed by atoms with Crippen molar-refractivity contribution in [2.75, 3.05) is 47.0 Å². The lowest BCUT2D eigenvalue weighted by molar-refractivity contribution is 0.105. The zero-order chi connectivity index (χ0) is 17.4. The van der Waals surface area contributed by atoms with Gasteiger partial charge in [-0.2, -0.15) is 0 Å². The van der Waals surface area contributed by atoms with Gasteiger partial charge in [0.2, 0.25) is 0 Å². The minimum absolute atomic E-state index is 0. The van der Waals surface area contributed by atoms with Crippen LogP contribution in [0, 0.1) is 11.7 Å². The van der Waals surface area contributed by atoms with Crippen molar-refractivity contribution >= 4 is 29.9 Å². The van der Waals surface area contributed by atoms with E-state index >= 15 is 0 Å². The molecule has 0 spiro atoms. The van der Waals surface area contributed by atoms with Crippen molar-refractivity contribution in [3.63, 3.8) is 0 Å². The standard InChI is InChI=1S/C18H28FN3O2.HI/c1-4-24-13-14-9-10-22(12-14)18(20-2)21-11-17(23-3)15-5-7-16(19)8-6-15;/h5-8,14,17H,4,9-13H2,1-3H3,(H,20,21);1H. The molecule has 2 unspecified atom stereocenters. The van der Waals surface area contributed by atoms with Gasteiger partial charge in [0.05, 0.1) is 12.7 Å². The van der Waals surface area contributed by atoms with Crippen molar-refractivity contribution in [1.29, 1.82) is 0 Å². The van der Waals surface area contributed by atoms with Crippen LogP contribution in [0.3, 0.4) is 0 Å². The summed E-state index contributed by atoms with van der Waals surface area (Å²) in [7, 11) is 3.45. The molecular formula is C18H29FIN3O2. The van der Waals surface area contributed by atoms with Gasteiger partial charge in [0.15, 0.2) is 5.96 Å². The Bertz CT molecular complexity index is 528. The topological polar surface area (TPSA) is 46.1 Å². The van der Waals surface area contributed by atoms with Gasteiger partial charge in [-0.25, -0.2) is 4.39 Å². The maximum absolute atomic E-state index is 13.1. The van der Waals surface area contributed by atoms with Crippen molar-refractivity contribution in [3.8, 4) is 0 Å². The quantitative estimate of drug-likeness (QED) is 0.382. The summed E-state index contributed by atoms with van der Waals surface area (Å²) in [5.74, 6) is 1.19. The number of hydrogen-bond donors (Lipinski definition) is 1. The van der Waals surface area contributed by atoms with Crippen LogP contribution in [-0.2, 0) is 9.47 Å². The molecule has 2 atom stereocenters. The van der Waals surface area contributed by atoms with E-state index in [0.717, 1.165) is 44.2 Å². The maximum atomic E-state index is 13.1. The highest BCUT2D eigenvalue weighted by atomic mass is 127. The second kappa shape index (κ2) is 11.6. The SMILES string of the molecule is CCOCC1CCN(C(=NC)NCC(OC)c2ccc(F)cc2)C1.I. The molecule has 0 amide bonds. The summed E-state index contributed by atoms with van der Waals surface area (Å²) in [6.45, 7) is 6.10. The van der Waals surface area contributed by atoms with Crippen LogP contribution < -0.4 is 5.32 Å². The fourth-order valence-corrected chi connectivity index (χ4v) is 2.98. The van der Waals surface area contributed by atoms with E-state index in [1.807, 2.05) is 6.92 Å². The van der Waals surface area contributed by atoms with E-state index in [1.54, 1.807) is 26.3 Å². The number of nitrogens with one attached hydrogen (secondary N) is 1. The number of rotatable bonds is 7. The molecule has 1 aliphatic rings. The van der Waals surface area contributed by atoms with Gasteiger partial charge in [0.25, 0.3) is 0 Å². The first kappa shape index (κ1) is 22.1. The normalized spacial score (nSPS) is 18.8. The van der Waals surface area contributed by atoms with E-state index in [-0.39, 0.29) is 35.9 Å². The highest BCUT2D eigenvalue weighted by Gasteiger charge is 2.25. The lowest BCUT2D eigenvalue weighted by Crippen LogP contribution is -2.42. The molecule has 1 aliphatic heterocycles. The first-order valence-corrected chi connectivity index (χ1v) is 8.49. The third kappa shape index (κ3) is 6.71. The Labute approximate surface area is 167 Å². The molecule has 1 aromatic carbocycles. The Morgan fingerprint density at radius 1 is 1.40 bits per heavy atom. The van der Waals surface area contributed by atoms with Crippen LogP contribution >= 0.6 is 24.0 Å². The van der Waals surface area contributed by atoms with Gasteiger partial charge in [-0.1, -0.05) is 12.1 Å². The lowest BCUT2D eigenvalue weighted by atomic mass is 10.1. The Kier molecular flexibility index (Phi) is 10.3. The minimum atomic E-state index is -0.241. The third-order valence-electron chi connectivity index (χ3n) is 4.33. The number of benzene rings is 1. The first-order chi connectivity index (χ1) is 11.7. The van der Waals surface area contributed by atoms with Crippen molar-refractivity contribution in [2.24, 2.45) is 10.9 Å². The molecular weight excluding hydrogens is 436 g/mol. The second-order valence-electron chi connectivity index (χ2n) is 5.96. The van der Waals surface area contributed by atoms with Crippen LogP contribution in [0.1, 0.15) is 25.0 Å². The van der Waals surface area contributed by atoms with E-state index < -0.39 is 0 Å². The molecule has 1 saturated heterocycles. The van der Waals surface area contributed by atoms with Crippen molar-refractivity contribution < 1.29 is 13.9 Å². The number of guanidine groups is 1. The molecule has 0 radical (unpaired) electrons. The molecule has 25 heavy (non-hydrogen) atoms. The number of ether oxygens (including phenoxy) is 2. The summed E-state index contributed by atoms with van der Waals surface area (Å²) in [5, 5.41) is 3.37. The number of halogens is 2. The first-order valence-electron chi connectivity index (χ1n) is 8.49. The third-order valence-corrected chi connectivity index (χ3v) is 4.33. The van der Waals surface area contributed by atoms with Crippen LogP contribution in [0.25, 0.3) is 0 Å². The maximum Gasteiger partial charge on any atom is 0.193 e. The van der Waals surface area contributed by atoms with Gasteiger partial charge < -0.3 is 19.7 Å². The summed E-state index contributed by atoms with van der Waals surface area (Å²) < 4.78 is 24.1. The van der Waals surface area contributed by atoms with Crippen molar-refractivity contribution in [1.82, 2.24) is 10.2 Å². The zero-order valence-electron chi connectivity index (χ0n) is 15.2. The fraction of sp³-hybridized carbons (Fsp3) is 0.611. The van der Waals surface area contributed by atoms with E-state index in [2.05, 4.69) is 15.2 Å². The molecule has 0 bridgehead atoms. The van der Waals surface area contributed by atoms with E-state index in [0.29, 0.717) is 12.5 Å². The minimum Gasteiger partial charge on any atom is -0.381 e. The van der Waals surface area contributed by atoms with Gasteiger partial charge in [0, 0.05) is 46.3 Å². The Hall–Kier alpha value is -0.930. The van der Waals surface area contributed by atoms with E-state index in [9.17, 15) is 4.39 Å². The average Bonchev–Trinajstić information content (AvgIpc) is 3.07. The van der Waals surface area contributed by atoms with Crippen molar-refractivity contribution in [2.45, 2.75) is 19.4 Å². The number of likely N-dealkylation sites (tertiary alicyclic amines) is 1. The van der Waals surface area contributed by atoms with Crippen LogP contribution in [0.4, 0.5) is 4.39 Å². The van der Waals surface area contributed by atoms with E-state index in [4.69, 9.17) is 9.47 Å². The molecule has 0 aromatic heterocycles. The van der Waals surface area contributed by atoms with Crippen LogP contribution in [-0.4, -0.2) is 57.9 Å². The van der Waals surface area contributed by atoms with E-state index in [1.165, 1.54) is 12.1 Å². The van der Waals surface area contributed by atoms with Gasteiger partial charge in [-0.05, 0) is 31.0 Å².